The summed E-state index contributed by atoms with van der Waals surface area (Å²) in [5.74, 6) is 2.24. The van der Waals surface area contributed by atoms with Crippen molar-refractivity contribution in [2.75, 3.05) is 39.5 Å². The summed E-state index contributed by atoms with van der Waals surface area (Å²) in [6.45, 7) is 6.49. The number of hydrogen-bond donors (Lipinski definition) is 0. The lowest BCUT2D eigenvalue weighted by molar-refractivity contribution is -0.219. The molecule has 4 rings (SSSR count). The first-order valence-electron chi connectivity index (χ1n) is 11.2. The Kier molecular flexibility index (Phi) is 7.30. The van der Waals surface area contributed by atoms with E-state index in [1.165, 1.54) is 18.4 Å². The van der Waals surface area contributed by atoms with E-state index in [4.69, 9.17) is 14.2 Å². The molecule has 0 N–H and O–H groups in total. The first-order chi connectivity index (χ1) is 15.2. The van der Waals surface area contributed by atoms with E-state index in [9.17, 15) is 5.11 Å². The van der Waals surface area contributed by atoms with Crippen molar-refractivity contribution < 1.29 is 19.3 Å². The van der Waals surface area contributed by atoms with Gasteiger partial charge in [-0.25, -0.2) is 0 Å². The van der Waals surface area contributed by atoms with Crippen LogP contribution in [0.5, 0.6) is 17.2 Å². The van der Waals surface area contributed by atoms with Crippen LogP contribution in [0.25, 0.3) is 0 Å². The summed E-state index contributed by atoms with van der Waals surface area (Å²) in [5.41, 5.74) is 2.29. The van der Waals surface area contributed by atoms with Crippen molar-refractivity contribution in [1.29, 1.82) is 0 Å². The van der Waals surface area contributed by atoms with Crippen LogP contribution in [-0.4, -0.2) is 56.3 Å². The molecule has 1 fully saturated rings. The smallest absolute Gasteiger partial charge is 0.161 e. The van der Waals surface area contributed by atoms with E-state index in [0.717, 1.165) is 42.4 Å². The molecule has 0 aliphatic carbocycles. The summed E-state index contributed by atoms with van der Waals surface area (Å²) in [6.07, 6.45) is 3.42. The number of likely N-dealkylation sites (tertiary alicyclic amines) is 1. The highest BCUT2D eigenvalue weighted by Gasteiger charge is 2.19. The minimum atomic E-state index is -0.103. The number of benzene rings is 2. The molecule has 0 bridgehead atoms. The van der Waals surface area contributed by atoms with Crippen molar-refractivity contribution >= 4 is 5.90 Å². The molecule has 2 heterocycles. The number of aliphatic imine (C=N–C) groups is 1. The Balaban J connectivity index is 1.38. The molecule has 0 radical (unpaired) electrons. The van der Waals surface area contributed by atoms with Crippen LogP contribution in [0.4, 0.5) is 0 Å². The molecule has 2 aromatic carbocycles. The number of fused-ring (bicyclic) bond motifs is 1. The largest absolute Gasteiger partial charge is 0.862 e. The summed E-state index contributed by atoms with van der Waals surface area (Å²) < 4.78 is 17.0. The van der Waals surface area contributed by atoms with Crippen LogP contribution in [0, 0.1) is 6.92 Å². The van der Waals surface area contributed by atoms with E-state index in [2.05, 4.69) is 9.89 Å². The third-order valence-corrected chi connectivity index (χ3v) is 5.68. The lowest BCUT2D eigenvalue weighted by Gasteiger charge is -2.24. The summed E-state index contributed by atoms with van der Waals surface area (Å²) in [6, 6.07) is 13.8. The monoisotopic (exact) mass is 423 g/mol. The summed E-state index contributed by atoms with van der Waals surface area (Å²) in [5, 5.41) is 12.6. The molecule has 0 saturated carbocycles. The Morgan fingerprint density at radius 2 is 1.81 bits per heavy atom. The lowest BCUT2D eigenvalue weighted by Crippen LogP contribution is -2.33. The minimum absolute atomic E-state index is 0.0764. The van der Waals surface area contributed by atoms with Gasteiger partial charge in [-0.2, -0.15) is 0 Å². The zero-order valence-electron chi connectivity index (χ0n) is 18.2. The second-order valence-electron chi connectivity index (χ2n) is 8.28. The van der Waals surface area contributed by atoms with E-state index in [-0.39, 0.29) is 18.4 Å². The average Bonchev–Trinajstić information content (AvgIpc) is 3.28. The summed E-state index contributed by atoms with van der Waals surface area (Å²) in [4.78, 5) is 6.97. The van der Waals surface area contributed by atoms with Gasteiger partial charge in [0.1, 0.15) is 19.0 Å². The lowest BCUT2D eigenvalue weighted by atomic mass is 10.0. The molecule has 6 nitrogen and oxygen atoms in total. The molecular formula is C25H31N2O4-. The summed E-state index contributed by atoms with van der Waals surface area (Å²) in [7, 11) is 0. The molecule has 31 heavy (non-hydrogen) atoms. The molecule has 1 unspecified atom stereocenters. The van der Waals surface area contributed by atoms with Crippen LogP contribution in [-0.2, 0) is 6.42 Å². The van der Waals surface area contributed by atoms with Crippen molar-refractivity contribution in [2.24, 2.45) is 4.99 Å². The molecule has 0 aromatic heterocycles. The molecule has 2 aliphatic rings. The summed E-state index contributed by atoms with van der Waals surface area (Å²) >= 11 is 0. The zero-order valence-corrected chi connectivity index (χ0v) is 18.2. The quantitative estimate of drug-likeness (QED) is 0.458. The Morgan fingerprint density at radius 1 is 1.06 bits per heavy atom. The molecule has 0 spiro atoms. The van der Waals surface area contributed by atoms with E-state index < -0.39 is 0 Å². The Labute approximate surface area is 184 Å². The predicted octanol–water partition coefficient (Wildman–Crippen LogP) is 3.00. The second kappa shape index (κ2) is 10.5. The normalized spacial score (nSPS) is 17.5. The Bertz CT molecular complexity index is 876. The Hall–Kier alpha value is -2.73. The highest BCUT2D eigenvalue weighted by atomic mass is 16.6. The van der Waals surface area contributed by atoms with E-state index in [1.807, 2.05) is 49.4 Å². The maximum absolute atomic E-state index is 12.6. The highest BCUT2D eigenvalue weighted by molar-refractivity contribution is 5.71. The highest BCUT2D eigenvalue weighted by Crippen LogP contribution is 2.31. The molecular weight excluding hydrogens is 392 g/mol. The molecule has 2 aliphatic heterocycles. The minimum Gasteiger partial charge on any atom is -0.862 e. The third kappa shape index (κ3) is 6.37. The van der Waals surface area contributed by atoms with Gasteiger partial charge in [0.25, 0.3) is 0 Å². The number of hydrogen-bond acceptors (Lipinski definition) is 6. The van der Waals surface area contributed by atoms with Crippen molar-refractivity contribution in [3.05, 3.63) is 53.6 Å². The van der Waals surface area contributed by atoms with Crippen molar-refractivity contribution in [2.45, 2.75) is 38.6 Å². The van der Waals surface area contributed by atoms with Gasteiger partial charge in [0.05, 0.1) is 12.6 Å². The topological polar surface area (TPSA) is 66.3 Å². The van der Waals surface area contributed by atoms with Crippen LogP contribution in [0.1, 0.15) is 30.4 Å². The van der Waals surface area contributed by atoms with Gasteiger partial charge < -0.3 is 29.2 Å². The van der Waals surface area contributed by atoms with Gasteiger partial charge in [-0.05, 0) is 75.0 Å². The fourth-order valence-corrected chi connectivity index (χ4v) is 4.06. The van der Waals surface area contributed by atoms with Gasteiger partial charge in [-0.1, -0.05) is 23.8 Å². The SMILES string of the molecule is Cc1ccc(OCCC([O-])=NC(Cc2ccc3c(c2)OCCO3)CN2CCCC2)cc1. The third-order valence-electron chi connectivity index (χ3n) is 5.68. The molecule has 166 valence electrons. The maximum atomic E-state index is 12.6. The number of aryl methyl sites for hydroxylation is 1. The van der Waals surface area contributed by atoms with E-state index in [1.54, 1.807) is 0 Å². The van der Waals surface area contributed by atoms with Gasteiger partial charge in [0.2, 0.25) is 0 Å². The maximum Gasteiger partial charge on any atom is 0.161 e. The van der Waals surface area contributed by atoms with E-state index in [0.29, 0.717) is 26.2 Å². The van der Waals surface area contributed by atoms with Gasteiger partial charge in [-0.15, -0.1) is 0 Å². The first kappa shape index (κ1) is 21.5. The van der Waals surface area contributed by atoms with Crippen LogP contribution in [0.2, 0.25) is 0 Å². The molecule has 1 saturated heterocycles. The predicted molar refractivity (Wildman–Crippen MR) is 119 cm³/mol. The van der Waals surface area contributed by atoms with Crippen LogP contribution in [0.3, 0.4) is 0 Å². The Morgan fingerprint density at radius 3 is 2.58 bits per heavy atom. The fraction of sp³-hybridized carbons (Fsp3) is 0.480. The second-order valence-corrected chi connectivity index (χ2v) is 8.28. The zero-order chi connectivity index (χ0) is 21.5. The molecule has 1 atom stereocenters. The van der Waals surface area contributed by atoms with Gasteiger partial charge in [-0.3, -0.25) is 0 Å². The van der Waals surface area contributed by atoms with Crippen LogP contribution in [0.15, 0.2) is 47.5 Å². The number of ether oxygens (including phenoxy) is 3. The van der Waals surface area contributed by atoms with Crippen molar-refractivity contribution in [3.63, 3.8) is 0 Å². The van der Waals surface area contributed by atoms with Gasteiger partial charge in [0, 0.05) is 13.0 Å². The van der Waals surface area contributed by atoms with Crippen LogP contribution < -0.4 is 19.3 Å². The molecule has 2 aromatic rings. The van der Waals surface area contributed by atoms with E-state index >= 15 is 0 Å². The number of nitrogens with zero attached hydrogens (tertiary/aromatic N) is 2. The molecule has 6 heteroatoms. The van der Waals surface area contributed by atoms with Crippen molar-refractivity contribution in [1.82, 2.24) is 4.90 Å². The fourth-order valence-electron chi connectivity index (χ4n) is 4.06. The van der Waals surface area contributed by atoms with Gasteiger partial charge in [0.15, 0.2) is 11.5 Å². The van der Waals surface area contributed by atoms with Crippen molar-refractivity contribution in [3.8, 4) is 17.2 Å². The van der Waals surface area contributed by atoms with Gasteiger partial charge >= 0.3 is 0 Å². The first-order valence-corrected chi connectivity index (χ1v) is 11.2. The number of rotatable bonds is 9. The standard InChI is InChI=1S/C25H32N2O4/c1-19-4-7-22(8-5-19)29-13-10-25(28)26-21(18-27-11-2-3-12-27)16-20-6-9-23-24(17-20)31-15-14-30-23/h4-9,17,21H,2-3,10-16,18H2,1H3,(H,26,28)/p-1. The molecule has 0 amide bonds. The average molecular weight is 424 g/mol. The van der Waals surface area contributed by atoms with Crippen LogP contribution >= 0.6 is 0 Å².